The Labute approximate surface area is 172 Å². The summed E-state index contributed by atoms with van der Waals surface area (Å²) in [6.45, 7) is 4.78. The molecular formula is C21H28N6O2. The van der Waals surface area contributed by atoms with Gasteiger partial charge in [-0.2, -0.15) is 5.26 Å². The molecule has 1 aromatic carbocycles. The summed E-state index contributed by atoms with van der Waals surface area (Å²) in [6, 6.07) is 7.55. The predicted octanol–water partition coefficient (Wildman–Crippen LogP) is 1.49. The number of guanidine groups is 1. The monoisotopic (exact) mass is 396 g/mol. The van der Waals surface area contributed by atoms with Gasteiger partial charge in [-0.15, -0.1) is 12.8 Å². The van der Waals surface area contributed by atoms with Gasteiger partial charge in [0.25, 0.3) is 0 Å². The fourth-order valence-electron chi connectivity index (χ4n) is 3.02. The van der Waals surface area contributed by atoms with Crippen LogP contribution >= 0.6 is 0 Å². The molecule has 2 saturated heterocycles. The number of nitrogens with one attached hydrogen (secondary N) is 1. The Morgan fingerprint density at radius 1 is 1.28 bits per heavy atom. The Morgan fingerprint density at radius 3 is 2.52 bits per heavy atom. The topological polar surface area (TPSA) is 115 Å². The Hall–Kier alpha value is -3.52. The van der Waals surface area contributed by atoms with Gasteiger partial charge < -0.3 is 15.5 Å². The molecule has 0 atom stereocenters. The zero-order valence-electron chi connectivity index (χ0n) is 16.8. The van der Waals surface area contributed by atoms with Crippen LogP contribution in [0.25, 0.3) is 0 Å². The number of hydrogen-bond donors (Lipinski definition) is 2. The van der Waals surface area contributed by atoms with E-state index in [-0.39, 0.29) is 17.8 Å². The molecule has 0 saturated carbocycles. The SMILES string of the molecule is C#C.Cc1cccc(N=C(N)NC#N)c1.O=C(CN1CCCC1=O)N1CCCC1. The van der Waals surface area contributed by atoms with Crippen molar-refractivity contribution in [1.29, 1.82) is 5.26 Å². The first-order valence-corrected chi connectivity index (χ1v) is 9.44. The summed E-state index contributed by atoms with van der Waals surface area (Å²) in [7, 11) is 0. The summed E-state index contributed by atoms with van der Waals surface area (Å²) in [5, 5.41) is 10.5. The molecule has 0 bridgehead atoms. The second-order valence-corrected chi connectivity index (χ2v) is 6.58. The van der Waals surface area contributed by atoms with E-state index in [2.05, 4.69) is 23.2 Å². The Morgan fingerprint density at radius 2 is 1.97 bits per heavy atom. The van der Waals surface area contributed by atoms with Crippen LogP contribution in [0.1, 0.15) is 31.2 Å². The zero-order chi connectivity index (χ0) is 21.6. The van der Waals surface area contributed by atoms with Gasteiger partial charge in [0.15, 0.2) is 6.19 Å². The number of nitrogens with zero attached hydrogens (tertiary/aromatic N) is 4. The van der Waals surface area contributed by atoms with Gasteiger partial charge in [-0.25, -0.2) is 4.99 Å². The maximum Gasteiger partial charge on any atom is 0.242 e. The molecule has 8 heteroatoms. The Balaban J connectivity index is 0.000000268. The van der Waals surface area contributed by atoms with E-state index in [0.29, 0.717) is 13.0 Å². The average molecular weight is 396 g/mol. The molecule has 8 nitrogen and oxygen atoms in total. The molecule has 1 aromatic rings. The molecule has 0 radical (unpaired) electrons. The third kappa shape index (κ3) is 8.35. The largest absolute Gasteiger partial charge is 0.369 e. The fourth-order valence-corrected chi connectivity index (χ4v) is 3.02. The molecule has 0 spiro atoms. The van der Waals surface area contributed by atoms with Crippen molar-refractivity contribution in [3.63, 3.8) is 0 Å². The van der Waals surface area contributed by atoms with E-state index >= 15 is 0 Å². The number of rotatable bonds is 3. The Kier molecular flexibility index (Phi) is 10.4. The summed E-state index contributed by atoms with van der Waals surface area (Å²) in [5.41, 5.74) is 7.22. The van der Waals surface area contributed by atoms with Gasteiger partial charge in [0.2, 0.25) is 17.8 Å². The van der Waals surface area contributed by atoms with Crippen molar-refractivity contribution in [1.82, 2.24) is 15.1 Å². The number of terminal acetylenes is 1. The quantitative estimate of drug-likeness (QED) is 0.264. The number of aryl methyl sites for hydroxylation is 1. The molecule has 3 rings (SSSR count). The number of hydrogen-bond acceptors (Lipinski definition) is 4. The van der Waals surface area contributed by atoms with E-state index in [1.807, 2.05) is 36.1 Å². The number of carbonyl (C=O) groups is 2. The molecule has 3 N–H and O–H groups in total. The van der Waals surface area contributed by atoms with Gasteiger partial charge in [-0.1, -0.05) is 12.1 Å². The lowest BCUT2D eigenvalue weighted by atomic mass is 10.2. The summed E-state index contributed by atoms with van der Waals surface area (Å²) < 4.78 is 0. The first kappa shape index (κ1) is 23.5. The number of nitrogens with two attached hydrogens (primary N) is 1. The van der Waals surface area contributed by atoms with Crippen molar-refractivity contribution >= 4 is 23.5 Å². The highest BCUT2D eigenvalue weighted by Crippen LogP contribution is 2.13. The second-order valence-electron chi connectivity index (χ2n) is 6.58. The smallest absolute Gasteiger partial charge is 0.242 e. The number of amides is 2. The summed E-state index contributed by atoms with van der Waals surface area (Å²) in [5.74, 6) is 0.364. The molecule has 2 aliphatic rings. The van der Waals surface area contributed by atoms with Crippen molar-refractivity contribution in [2.24, 2.45) is 10.7 Å². The van der Waals surface area contributed by atoms with E-state index < -0.39 is 0 Å². The van der Waals surface area contributed by atoms with E-state index in [4.69, 9.17) is 11.0 Å². The lowest BCUT2D eigenvalue weighted by Crippen LogP contribution is -2.39. The van der Waals surface area contributed by atoms with Crippen molar-refractivity contribution in [3.8, 4) is 19.0 Å². The molecular weight excluding hydrogens is 368 g/mol. The van der Waals surface area contributed by atoms with E-state index in [0.717, 1.165) is 50.1 Å². The van der Waals surface area contributed by atoms with Crippen LogP contribution in [0.5, 0.6) is 0 Å². The highest BCUT2D eigenvalue weighted by Gasteiger charge is 2.25. The molecule has 0 unspecified atom stereocenters. The van der Waals surface area contributed by atoms with Crippen LogP contribution in [0.4, 0.5) is 5.69 Å². The van der Waals surface area contributed by atoms with E-state index in [1.165, 1.54) is 0 Å². The standard InChI is InChI=1S/C10H16N2O2.C9H10N4.C2H2/c13-9-4-3-7-12(9)8-10(14)11-5-1-2-6-11;1-7-3-2-4-8(5-7)13-9(11)12-6-10;1-2/h1-8H2;2-5H,1H3,(H3,11,12,13);1-2H. The molecule has 154 valence electrons. The van der Waals surface area contributed by atoms with Crippen molar-refractivity contribution in [2.75, 3.05) is 26.2 Å². The van der Waals surface area contributed by atoms with Gasteiger partial charge in [-0.3, -0.25) is 14.9 Å². The number of carbonyl (C=O) groups excluding carboxylic acids is 2. The van der Waals surface area contributed by atoms with Crippen LogP contribution in [0, 0.1) is 31.2 Å². The van der Waals surface area contributed by atoms with E-state index in [9.17, 15) is 9.59 Å². The molecule has 2 amide bonds. The van der Waals surface area contributed by atoms with Crippen molar-refractivity contribution in [2.45, 2.75) is 32.6 Å². The van der Waals surface area contributed by atoms with Crippen LogP contribution in [-0.2, 0) is 9.59 Å². The predicted molar refractivity (Wildman–Crippen MR) is 113 cm³/mol. The maximum absolute atomic E-state index is 11.7. The van der Waals surface area contributed by atoms with Crippen LogP contribution in [0.15, 0.2) is 29.3 Å². The number of aliphatic imine (C=N–C) groups is 1. The molecule has 0 aliphatic carbocycles. The van der Waals surface area contributed by atoms with Crippen LogP contribution < -0.4 is 11.1 Å². The second kappa shape index (κ2) is 12.8. The van der Waals surface area contributed by atoms with Gasteiger partial charge in [-0.05, 0) is 43.9 Å². The lowest BCUT2D eigenvalue weighted by molar-refractivity contribution is -0.137. The van der Waals surface area contributed by atoms with Gasteiger partial charge in [0.1, 0.15) is 0 Å². The van der Waals surface area contributed by atoms with Gasteiger partial charge >= 0.3 is 0 Å². The fraction of sp³-hybridized carbons (Fsp3) is 0.429. The van der Waals surface area contributed by atoms with Crippen LogP contribution in [0.3, 0.4) is 0 Å². The third-order valence-electron chi connectivity index (χ3n) is 4.39. The number of likely N-dealkylation sites (tertiary alicyclic amines) is 2. The van der Waals surface area contributed by atoms with Crippen LogP contribution in [0.2, 0.25) is 0 Å². The van der Waals surface area contributed by atoms with Crippen molar-refractivity contribution in [3.05, 3.63) is 29.8 Å². The minimum absolute atomic E-state index is 0.105. The number of nitriles is 1. The zero-order valence-corrected chi connectivity index (χ0v) is 16.8. The lowest BCUT2D eigenvalue weighted by Gasteiger charge is -2.20. The first-order valence-electron chi connectivity index (χ1n) is 9.44. The summed E-state index contributed by atoms with van der Waals surface area (Å²) in [6.07, 6.45) is 13.4. The molecule has 2 aliphatic heterocycles. The summed E-state index contributed by atoms with van der Waals surface area (Å²) in [4.78, 5) is 30.5. The minimum Gasteiger partial charge on any atom is -0.369 e. The molecule has 29 heavy (non-hydrogen) atoms. The highest BCUT2D eigenvalue weighted by molar-refractivity contribution is 5.86. The third-order valence-corrected chi connectivity index (χ3v) is 4.39. The van der Waals surface area contributed by atoms with Crippen LogP contribution in [-0.4, -0.2) is 53.8 Å². The summed E-state index contributed by atoms with van der Waals surface area (Å²) >= 11 is 0. The first-order chi connectivity index (χ1) is 14.0. The minimum atomic E-state index is 0.105. The van der Waals surface area contributed by atoms with Crippen molar-refractivity contribution < 1.29 is 9.59 Å². The average Bonchev–Trinajstić information content (AvgIpc) is 3.37. The van der Waals surface area contributed by atoms with Gasteiger partial charge in [0, 0.05) is 26.1 Å². The molecule has 0 aromatic heterocycles. The van der Waals surface area contributed by atoms with Gasteiger partial charge in [0.05, 0.1) is 12.2 Å². The maximum atomic E-state index is 11.7. The molecule has 2 heterocycles. The highest BCUT2D eigenvalue weighted by atomic mass is 16.2. The Bertz CT molecular complexity index is 775. The molecule has 2 fully saturated rings. The number of benzene rings is 1. The van der Waals surface area contributed by atoms with E-state index in [1.54, 1.807) is 11.1 Å². The normalized spacial score (nSPS) is 15.5.